The molecule has 0 unspecified atom stereocenters. The number of benzene rings is 1. The first-order valence-corrected chi connectivity index (χ1v) is 5.87. The molecule has 1 heterocycles. The summed E-state index contributed by atoms with van der Waals surface area (Å²) >= 11 is 0. The average molecular weight is 230 g/mol. The number of hydrogen-bond acceptors (Lipinski definition) is 3. The Morgan fingerprint density at radius 1 is 1.29 bits per heavy atom. The van der Waals surface area contributed by atoms with Crippen LogP contribution in [0.1, 0.15) is 25.1 Å². The molecule has 0 fully saturated rings. The number of nitrogens with two attached hydrogens (primary N) is 1. The van der Waals surface area contributed by atoms with Crippen LogP contribution in [0.25, 0.3) is 10.9 Å². The number of pyridine rings is 1. The molecule has 3 nitrogen and oxygen atoms in total. The summed E-state index contributed by atoms with van der Waals surface area (Å²) in [6.07, 6.45) is 0.145. The Labute approximate surface area is 102 Å². The van der Waals surface area contributed by atoms with Crippen molar-refractivity contribution in [3.05, 3.63) is 35.5 Å². The van der Waals surface area contributed by atoms with E-state index in [1.807, 2.05) is 26.0 Å². The van der Waals surface area contributed by atoms with Gasteiger partial charge >= 0.3 is 0 Å². The summed E-state index contributed by atoms with van der Waals surface area (Å²) in [4.78, 5) is 4.50. The predicted octanol–water partition coefficient (Wildman–Crippen LogP) is 2.79. The maximum Gasteiger partial charge on any atom is 0.130 e. The van der Waals surface area contributed by atoms with Crippen molar-refractivity contribution in [1.29, 1.82) is 0 Å². The lowest BCUT2D eigenvalue weighted by Crippen LogP contribution is -2.08. The van der Waals surface area contributed by atoms with Gasteiger partial charge < -0.3 is 10.5 Å². The van der Waals surface area contributed by atoms with Crippen LogP contribution in [0.15, 0.2) is 24.3 Å². The Morgan fingerprint density at radius 2 is 2.06 bits per heavy atom. The molecule has 0 aliphatic carbocycles. The van der Waals surface area contributed by atoms with Gasteiger partial charge in [-0.2, -0.15) is 0 Å². The minimum Gasteiger partial charge on any atom is -0.490 e. The molecule has 2 aromatic rings. The van der Waals surface area contributed by atoms with Gasteiger partial charge in [-0.05, 0) is 32.9 Å². The first-order chi connectivity index (χ1) is 8.10. The third-order valence-corrected chi connectivity index (χ3v) is 2.55. The lowest BCUT2D eigenvalue weighted by molar-refractivity contribution is 0.245. The molecule has 0 amide bonds. The summed E-state index contributed by atoms with van der Waals surface area (Å²) in [7, 11) is 0. The Balaban J connectivity index is 2.63. The van der Waals surface area contributed by atoms with E-state index in [0.717, 1.165) is 22.3 Å². The van der Waals surface area contributed by atoms with Crippen LogP contribution in [0.3, 0.4) is 0 Å². The fraction of sp³-hybridized carbons (Fsp3) is 0.357. The normalized spacial score (nSPS) is 11.1. The summed E-state index contributed by atoms with van der Waals surface area (Å²) < 4.78 is 5.83. The predicted molar refractivity (Wildman–Crippen MR) is 70.1 cm³/mol. The van der Waals surface area contributed by atoms with Gasteiger partial charge in [0.2, 0.25) is 0 Å². The molecule has 17 heavy (non-hydrogen) atoms. The Bertz CT molecular complexity index is 535. The van der Waals surface area contributed by atoms with E-state index < -0.39 is 0 Å². The number of fused-ring (bicyclic) bond motifs is 1. The van der Waals surface area contributed by atoms with Crippen molar-refractivity contribution in [3.8, 4) is 5.75 Å². The van der Waals surface area contributed by atoms with Gasteiger partial charge in [0.15, 0.2) is 0 Å². The molecule has 0 atom stereocenters. The summed E-state index contributed by atoms with van der Waals surface area (Å²) in [6, 6.07) is 8.09. The van der Waals surface area contributed by atoms with E-state index in [0.29, 0.717) is 6.54 Å². The largest absolute Gasteiger partial charge is 0.490 e. The molecule has 0 saturated carbocycles. The van der Waals surface area contributed by atoms with E-state index in [-0.39, 0.29) is 6.10 Å². The average Bonchev–Trinajstić information content (AvgIpc) is 2.28. The molecule has 0 saturated heterocycles. The van der Waals surface area contributed by atoms with Gasteiger partial charge in [0.1, 0.15) is 5.75 Å². The standard InChI is InChI=1S/C14H18N2O/c1-9(2)17-14-7-11(8-15)16-13-5-4-10(3)6-12(13)14/h4-7,9H,8,15H2,1-3H3. The highest BCUT2D eigenvalue weighted by molar-refractivity contribution is 5.85. The maximum absolute atomic E-state index is 5.83. The minimum absolute atomic E-state index is 0.145. The van der Waals surface area contributed by atoms with Crippen molar-refractivity contribution >= 4 is 10.9 Å². The van der Waals surface area contributed by atoms with Crippen molar-refractivity contribution < 1.29 is 4.74 Å². The Morgan fingerprint density at radius 3 is 2.71 bits per heavy atom. The van der Waals surface area contributed by atoms with Crippen LogP contribution in [-0.4, -0.2) is 11.1 Å². The van der Waals surface area contributed by atoms with E-state index in [1.54, 1.807) is 0 Å². The molecule has 0 spiro atoms. The second kappa shape index (κ2) is 4.72. The minimum atomic E-state index is 0.145. The number of ether oxygens (including phenoxy) is 1. The highest BCUT2D eigenvalue weighted by Gasteiger charge is 2.08. The van der Waals surface area contributed by atoms with Crippen LogP contribution >= 0.6 is 0 Å². The summed E-state index contributed by atoms with van der Waals surface area (Å²) in [5.41, 5.74) is 8.65. The number of aryl methyl sites for hydroxylation is 1. The first kappa shape index (κ1) is 11.9. The monoisotopic (exact) mass is 230 g/mol. The molecule has 1 aromatic heterocycles. The van der Waals surface area contributed by atoms with E-state index in [9.17, 15) is 0 Å². The quantitative estimate of drug-likeness (QED) is 0.882. The topological polar surface area (TPSA) is 48.1 Å². The van der Waals surface area contributed by atoms with Crippen LogP contribution in [0, 0.1) is 6.92 Å². The molecule has 90 valence electrons. The molecule has 0 aliphatic rings. The van der Waals surface area contributed by atoms with Crippen LogP contribution < -0.4 is 10.5 Å². The fourth-order valence-electron chi connectivity index (χ4n) is 1.82. The van der Waals surface area contributed by atoms with Gasteiger partial charge in [0.25, 0.3) is 0 Å². The number of nitrogens with zero attached hydrogens (tertiary/aromatic N) is 1. The van der Waals surface area contributed by atoms with E-state index in [4.69, 9.17) is 10.5 Å². The molecule has 0 bridgehead atoms. The number of rotatable bonds is 3. The summed E-state index contributed by atoms with van der Waals surface area (Å²) in [5, 5.41) is 1.05. The van der Waals surface area contributed by atoms with Gasteiger partial charge in [0.05, 0.1) is 17.3 Å². The molecule has 2 N–H and O–H groups in total. The second-order valence-corrected chi connectivity index (χ2v) is 4.50. The van der Waals surface area contributed by atoms with Crippen molar-refractivity contribution in [2.45, 2.75) is 33.4 Å². The molecule has 0 radical (unpaired) electrons. The van der Waals surface area contributed by atoms with Crippen molar-refractivity contribution in [3.63, 3.8) is 0 Å². The smallest absolute Gasteiger partial charge is 0.130 e. The van der Waals surface area contributed by atoms with Gasteiger partial charge in [-0.3, -0.25) is 4.98 Å². The van der Waals surface area contributed by atoms with E-state index in [2.05, 4.69) is 24.0 Å². The number of hydrogen-bond donors (Lipinski definition) is 1. The lowest BCUT2D eigenvalue weighted by atomic mass is 10.1. The van der Waals surface area contributed by atoms with E-state index in [1.165, 1.54) is 5.56 Å². The van der Waals surface area contributed by atoms with Gasteiger partial charge in [-0.1, -0.05) is 11.6 Å². The highest BCUT2D eigenvalue weighted by Crippen LogP contribution is 2.27. The molecular weight excluding hydrogens is 212 g/mol. The molecule has 2 rings (SSSR count). The molecule has 1 aromatic carbocycles. The summed E-state index contributed by atoms with van der Waals surface area (Å²) in [5.74, 6) is 0.870. The molecule has 0 aliphatic heterocycles. The third-order valence-electron chi connectivity index (χ3n) is 2.55. The van der Waals surface area contributed by atoms with Crippen LogP contribution in [0.2, 0.25) is 0 Å². The van der Waals surface area contributed by atoms with Crippen LogP contribution in [0.5, 0.6) is 5.75 Å². The first-order valence-electron chi connectivity index (χ1n) is 5.87. The zero-order valence-corrected chi connectivity index (χ0v) is 10.5. The second-order valence-electron chi connectivity index (χ2n) is 4.50. The SMILES string of the molecule is Cc1ccc2nc(CN)cc(OC(C)C)c2c1. The molecule has 3 heteroatoms. The highest BCUT2D eigenvalue weighted by atomic mass is 16.5. The van der Waals surface area contributed by atoms with Crippen LogP contribution in [0.4, 0.5) is 0 Å². The summed E-state index contributed by atoms with van der Waals surface area (Å²) in [6.45, 7) is 6.53. The maximum atomic E-state index is 5.83. The van der Waals surface area contributed by atoms with Crippen molar-refractivity contribution in [2.75, 3.05) is 0 Å². The van der Waals surface area contributed by atoms with Gasteiger partial charge in [-0.25, -0.2) is 0 Å². The number of aromatic nitrogens is 1. The molecular formula is C14H18N2O. The van der Waals surface area contributed by atoms with Crippen molar-refractivity contribution in [1.82, 2.24) is 4.98 Å². The Hall–Kier alpha value is -1.61. The van der Waals surface area contributed by atoms with Crippen LogP contribution in [-0.2, 0) is 6.54 Å². The van der Waals surface area contributed by atoms with Gasteiger partial charge in [0, 0.05) is 18.0 Å². The fourth-order valence-corrected chi connectivity index (χ4v) is 1.82. The Kier molecular flexibility index (Phi) is 3.29. The van der Waals surface area contributed by atoms with E-state index >= 15 is 0 Å². The van der Waals surface area contributed by atoms with Gasteiger partial charge in [-0.15, -0.1) is 0 Å². The zero-order valence-electron chi connectivity index (χ0n) is 10.5. The lowest BCUT2D eigenvalue weighted by Gasteiger charge is -2.13. The zero-order chi connectivity index (χ0) is 12.4. The van der Waals surface area contributed by atoms with Crippen molar-refractivity contribution in [2.24, 2.45) is 5.73 Å². The third kappa shape index (κ3) is 2.56.